The molecule has 0 spiro atoms. The average molecular weight is 270 g/mol. The fourth-order valence-corrected chi connectivity index (χ4v) is 2.88. The van der Waals surface area contributed by atoms with E-state index in [2.05, 4.69) is 5.32 Å². The van der Waals surface area contributed by atoms with Gasteiger partial charge in [0, 0.05) is 25.7 Å². The maximum atomic E-state index is 12.2. The summed E-state index contributed by atoms with van der Waals surface area (Å²) in [7, 11) is 0. The first kappa shape index (κ1) is 14.6. The van der Waals surface area contributed by atoms with Crippen LogP contribution in [0.2, 0.25) is 0 Å². The van der Waals surface area contributed by atoms with Gasteiger partial charge in [0.1, 0.15) is 0 Å². The molecule has 110 valence electrons. The van der Waals surface area contributed by atoms with E-state index < -0.39 is 0 Å². The monoisotopic (exact) mass is 270 g/mol. The highest BCUT2D eigenvalue weighted by atomic mass is 16.5. The van der Waals surface area contributed by atoms with Crippen LogP contribution in [0.25, 0.3) is 0 Å². The number of nitrogens with one attached hydrogen (secondary N) is 1. The smallest absolute Gasteiger partial charge is 0.317 e. The van der Waals surface area contributed by atoms with Crippen LogP contribution >= 0.6 is 0 Å². The second kappa shape index (κ2) is 7.10. The Bertz CT molecular complexity index is 284. The molecule has 5 nitrogen and oxygen atoms in total. The maximum absolute atomic E-state index is 12.2. The summed E-state index contributed by atoms with van der Waals surface area (Å²) in [5.41, 5.74) is 0. The number of amides is 2. The zero-order valence-electron chi connectivity index (χ0n) is 11.8. The molecule has 1 aliphatic heterocycles. The summed E-state index contributed by atoms with van der Waals surface area (Å²) in [5.74, 6) is 0. The van der Waals surface area contributed by atoms with E-state index in [1.807, 2.05) is 11.8 Å². The number of hydrogen-bond acceptors (Lipinski definition) is 3. The molecule has 1 heterocycles. The van der Waals surface area contributed by atoms with Gasteiger partial charge in [-0.15, -0.1) is 0 Å². The van der Waals surface area contributed by atoms with Crippen molar-refractivity contribution >= 4 is 6.03 Å². The van der Waals surface area contributed by atoms with Crippen molar-refractivity contribution < 1.29 is 14.6 Å². The van der Waals surface area contributed by atoms with Crippen LogP contribution in [0, 0.1) is 0 Å². The van der Waals surface area contributed by atoms with Gasteiger partial charge in [-0.2, -0.15) is 0 Å². The molecular weight excluding hydrogens is 244 g/mol. The van der Waals surface area contributed by atoms with Gasteiger partial charge >= 0.3 is 6.03 Å². The first-order chi connectivity index (χ1) is 9.19. The number of carbonyl (C=O) groups excluding carboxylic acids is 1. The van der Waals surface area contributed by atoms with Crippen molar-refractivity contribution in [3.8, 4) is 0 Å². The molecule has 2 fully saturated rings. The Morgan fingerprint density at radius 2 is 2.05 bits per heavy atom. The molecule has 1 aliphatic carbocycles. The van der Waals surface area contributed by atoms with E-state index in [1.54, 1.807) is 0 Å². The number of likely N-dealkylation sites (N-methyl/N-ethyl adjacent to an activating group) is 1. The van der Waals surface area contributed by atoms with Crippen molar-refractivity contribution in [1.82, 2.24) is 10.2 Å². The normalized spacial score (nSPS) is 31.2. The van der Waals surface area contributed by atoms with Gasteiger partial charge < -0.3 is 20.1 Å². The first-order valence-electron chi connectivity index (χ1n) is 7.54. The van der Waals surface area contributed by atoms with Crippen molar-refractivity contribution in [2.75, 3.05) is 19.7 Å². The van der Waals surface area contributed by atoms with Gasteiger partial charge in [-0.1, -0.05) is 0 Å². The Kier molecular flexibility index (Phi) is 5.45. The van der Waals surface area contributed by atoms with Crippen LogP contribution in [0.5, 0.6) is 0 Å². The largest absolute Gasteiger partial charge is 0.393 e. The molecule has 2 amide bonds. The van der Waals surface area contributed by atoms with Gasteiger partial charge in [0.2, 0.25) is 0 Å². The number of hydrogen-bond donors (Lipinski definition) is 2. The van der Waals surface area contributed by atoms with Crippen molar-refractivity contribution in [2.45, 2.75) is 63.7 Å². The summed E-state index contributed by atoms with van der Waals surface area (Å²) < 4.78 is 5.58. The van der Waals surface area contributed by atoms with Crippen LogP contribution in [0.1, 0.15) is 45.4 Å². The summed E-state index contributed by atoms with van der Waals surface area (Å²) in [6.45, 7) is 4.22. The molecule has 19 heavy (non-hydrogen) atoms. The van der Waals surface area contributed by atoms with Crippen LogP contribution in [0.3, 0.4) is 0 Å². The highest BCUT2D eigenvalue weighted by Gasteiger charge is 2.25. The Morgan fingerprint density at radius 1 is 1.32 bits per heavy atom. The highest BCUT2D eigenvalue weighted by molar-refractivity contribution is 5.74. The summed E-state index contributed by atoms with van der Waals surface area (Å²) >= 11 is 0. The summed E-state index contributed by atoms with van der Waals surface area (Å²) in [4.78, 5) is 14.0. The molecule has 1 saturated carbocycles. The number of urea groups is 1. The standard InChI is InChI=1S/C14H26N2O3/c1-2-16(10-13-4-3-9-19-13)14(18)15-11-5-7-12(17)8-6-11/h11-13,17H,2-10H2,1H3,(H,15,18). The molecule has 0 aromatic heterocycles. The minimum Gasteiger partial charge on any atom is -0.393 e. The number of ether oxygens (including phenoxy) is 1. The van der Waals surface area contributed by atoms with E-state index in [-0.39, 0.29) is 24.3 Å². The van der Waals surface area contributed by atoms with E-state index in [4.69, 9.17) is 4.74 Å². The quantitative estimate of drug-likeness (QED) is 0.814. The van der Waals surface area contributed by atoms with E-state index >= 15 is 0 Å². The van der Waals surface area contributed by atoms with E-state index in [0.29, 0.717) is 13.1 Å². The van der Waals surface area contributed by atoms with Gasteiger partial charge in [-0.25, -0.2) is 4.79 Å². The minimum absolute atomic E-state index is 0.0133. The van der Waals surface area contributed by atoms with E-state index in [0.717, 1.165) is 45.1 Å². The third-order valence-electron chi connectivity index (χ3n) is 4.14. The van der Waals surface area contributed by atoms with E-state index in [1.165, 1.54) is 0 Å². The van der Waals surface area contributed by atoms with E-state index in [9.17, 15) is 9.90 Å². The minimum atomic E-state index is -0.178. The lowest BCUT2D eigenvalue weighted by atomic mass is 9.93. The molecule has 2 rings (SSSR count). The molecule has 0 radical (unpaired) electrons. The fourth-order valence-electron chi connectivity index (χ4n) is 2.88. The lowest BCUT2D eigenvalue weighted by molar-refractivity contribution is 0.0801. The molecule has 1 atom stereocenters. The predicted molar refractivity (Wildman–Crippen MR) is 73.0 cm³/mol. The Balaban J connectivity index is 1.76. The number of nitrogens with zero attached hydrogens (tertiary/aromatic N) is 1. The van der Waals surface area contributed by atoms with Crippen molar-refractivity contribution in [2.24, 2.45) is 0 Å². The molecule has 1 saturated heterocycles. The van der Waals surface area contributed by atoms with Gasteiger partial charge in [0.05, 0.1) is 12.2 Å². The first-order valence-corrected chi connectivity index (χ1v) is 7.54. The molecule has 1 unspecified atom stereocenters. The highest BCUT2D eigenvalue weighted by Crippen LogP contribution is 2.19. The van der Waals surface area contributed by atoms with Gasteiger partial charge in [0.25, 0.3) is 0 Å². The molecule has 0 aromatic rings. The SMILES string of the molecule is CCN(CC1CCCO1)C(=O)NC1CCC(O)CC1. The molecular formula is C14H26N2O3. The summed E-state index contributed by atoms with van der Waals surface area (Å²) in [5, 5.41) is 12.6. The van der Waals surface area contributed by atoms with Crippen molar-refractivity contribution in [3.05, 3.63) is 0 Å². The summed E-state index contributed by atoms with van der Waals surface area (Å²) in [6.07, 6.45) is 5.53. The molecule has 2 aliphatic rings. The topological polar surface area (TPSA) is 61.8 Å². The number of aliphatic hydroxyl groups excluding tert-OH is 1. The fraction of sp³-hybridized carbons (Fsp3) is 0.929. The molecule has 5 heteroatoms. The van der Waals surface area contributed by atoms with Gasteiger partial charge in [-0.3, -0.25) is 0 Å². The van der Waals surface area contributed by atoms with Gasteiger partial charge in [0.15, 0.2) is 0 Å². The lowest BCUT2D eigenvalue weighted by Crippen LogP contribution is -2.48. The zero-order chi connectivity index (χ0) is 13.7. The second-order valence-corrected chi connectivity index (χ2v) is 5.63. The van der Waals surface area contributed by atoms with Crippen molar-refractivity contribution in [1.29, 1.82) is 0 Å². The number of aliphatic hydroxyl groups is 1. The molecule has 0 aromatic carbocycles. The third-order valence-corrected chi connectivity index (χ3v) is 4.14. The molecule has 2 N–H and O–H groups in total. The Morgan fingerprint density at radius 3 is 2.63 bits per heavy atom. The Hall–Kier alpha value is -0.810. The zero-order valence-corrected chi connectivity index (χ0v) is 11.8. The second-order valence-electron chi connectivity index (χ2n) is 5.63. The Labute approximate surface area is 115 Å². The van der Waals surface area contributed by atoms with Gasteiger partial charge in [-0.05, 0) is 45.4 Å². The van der Waals surface area contributed by atoms with Crippen LogP contribution in [0.4, 0.5) is 4.79 Å². The summed E-state index contributed by atoms with van der Waals surface area (Å²) in [6, 6.07) is 0.230. The van der Waals surface area contributed by atoms with Crippen LogP contribution in [0.15, 0.2) is 0 Å². The predicted octanol–water partition coefficient (Wildman–Crippen LogP) is 1.50. The van der Waals surface area contributed by atoms with Crippen LogP contribution in [-0.4, -0.2) is 54.0 Å². The van der Waals surface area contributed by atoms with Crippen LogP contribution < -0.4 is 5.32 Å². The lowest BCUT2D eigenvalue weighted by Gasteiger charge is -2.30. The van der Waals surface area contributed by atoms with Crippen molar-refractivity contribution in [3.63, 3.8) is 0 Å². The average Bonchev–Trinajstić information content (AvgIpc) is 2.91. The molecule has 0 bridgehead atoms. The maximum Gasteiger partial charge on any atom is 0.317 e. The number of rotatable bonds is 4. The number of carbonyl (C=O) groups is 1. The third kappa shape index (κ3) is 4.35. The van der Waals surface area contributed by atoms with Crippen LogP contribution in [-0.2, 0) is 4.74 Å².